The molecule has 0 aliphatic heterocycles. The predicted octanol–water partition coefficient (Wildman–Crippen LogP) is 3.07. The standard InChI is InChI=1S/C15H22N4O2/c1-6-12-10(4)18-21-15(12)17-14(20)11(5)19-8-7-16-13(19)9(2)3/h7-9,11H,6H2,1-5H3,(H,17,20). The Morgan fingerprint density at radius 2 is 2.14 bits per heavy atom. The van der Waals surface area contributed by atoms with Crippen LogP contribution in [0.3, 0.4) is 0 Å². The van der Waals surface area contributed by atoms with Gasteiger partial charge in [-0.15, -0.1) is 0 Å². The minimum atomic E-state index is -0.361. The lowest BCUT2D eigenvalue weighted by atomic mass is 10.2. The van der Waals surface area contributed by atoms with Gasteiger partial charge >= 0.3 is 0 Å². The van der Waals surface area contributed by atoms with E-state index in [2.05, 4.69) is 29.3 Å². The van der Waals surface area contributed by atoms with Gasteiger partial charge in [0.15, 0.2) is 0 Å². The third kappa shape index (κ3) is 2.99. The highest BCUT2D eigenvalue weighted by molar-refractivity contribution is 5.93. The van der Waals surface area contributed by atoms with E-state index < -0.39 is 0 Å². The molecule has 0 bridgehead atoms. The third-order valence-electron chi connectivity index (χ3n) is 3.59. The maximum atomic E-state index is 12.4. The quantitative estimate of drug-likeness (QED) is 0.918. The Kier molecular flexibility index (Phi) is 4.45. The van der Waals surface area contributed by atoms with Gasteiger partial charge in [0.05, 0.1) is 5.69 Å². The SMILES string of the molecule is CCc1c(C)noc1NC(=O)C(C)n1ccnc1C(C)C. The number of aryl methyl sites for hydroxylation is 1. The largest absolute Gasteiger partial charge is 0.338 e. The molecule has 0 saturated heterocycles. The molecular formula is C15H22N4O2. The highest BCUT2D eigenvalue weighted by Crippen LogP contribution is 2.22. The number of anilines is 1. The summed E-state index contributed by atoms with van der Waals surface area (Å²) >= 11 is 0. The van der Waals surface area contributed by atoms with Crippen LogP contribution in [0.2, 0.25) is 0 Å². The summed E-state index contributed by atoms with van der Waals surface area (Å²) in [7, 11) is 0. The van der Waals surface area contributed by atoms with Gasteiger partial charge in [-0.25, -0.2) is 4.98 Å². The van der Waals surface area contributed by atoms with E-state index >= 15 is 0 Å². The number of carbonyl (C=O) groups is 1. The molecule has 0 aliphatic rings. The summed E-state index contributed by atoms with van der Waals surface area (Å²) in [6.45, 7) is 9.83. The summed E-state index contributed by atoms with van der Waals surface area (Å²) in [6, 6.07) is -0.361. The molecule has 0 aromatic carbocycles. The van der Waals surface area contributed by atoms with Crippen molar-refractivity contribution in [3.8, 4) is 0 Å². The molecule has 114 valence electrons. The number of nitrogens with zero attached hydrogens (tertiary/aromatic N) is 3. The number of hydrogen-bond acceptors (Lipinski definition) is 4. The summed E-state index contributed by atoms with van der Waals surface area (Å²) in [5.74, 6) is 1.45. The van der Waals surface area contributed by atoms with Crippen molar-refractivity contribution >= 4 is 11.8 Å². The lowest BCUT2D eigenvalue weighted by molar-refractivity contribution is -0.119. The van der Waals surface area contributed by atoms with E-state index in [1.165, 1.54) is 0 Å². The van der Waals surface area contributed by atoms with E-state index in [9.17, 15) is 4.79 Å². The van der Waals surface area contributed by atoms with Gasteiger partial charge in [0.2, 0.25) is 11.8 Å². The first kappa shape index (κ1) is 15.3. The van der Waals surface area contributed by atoms with Crippen molar-refractivity contribution in [3.05, 3.63) is 29.5 Å². The summed E-state index contributed by atoms with van der Waals surface area (Å²) in [6.07, 6.45) is 4.31. The van der Waals surface area contributed by atoms with Crippen LogP contribution >= 0.6 is 0 Å². The van der Waals surface area contributed by atoms with E-state index in [1.54, 1.807) is 6.20 Å². The molecule has 21 heavy (non-hydrogen) atoms. The second kappa shape index (κ2) is 6.11. The lowest BCUT2D eigenvalue weighted by Gasteiger charge is -2.17. The van der Waals surface area contributed by atoms with E-state index in [1.807, 2.05) is 31.5 Å². The Morgan fingerprint density at radius 1 is 1.43 bits per heavy atom. The smallest absolute Gasteiger partial charge is 0.249 e. The van der Waals surface area contributed by atoms with Gasteiger partial charge in [-0.1, -0.05) is 25.9 Å². The molecule has 0 saturated carbocycles. The molecule has 0 radical (unpaired) electrons. The van der Waals surface area contributed by atoms with Gasteiger partial charge < -0.3 is 9.09 Å². The molecule has 1 unspecified atom stereocenters. The summed E-state index contributed by atoms with van der Waals surface area (Å²) < 4.78 is 7.08. The number of carbonyl (C=O) groups excluding carboxylic acids is 1. The maximum Gasteiger partial charge on any atom is 0.249 e. The number of rotatable bonds is 5. The van der Waals surface area contributed by atoms with Crippen molar-refractivity contribution in [2.24, 2.45) is 0 Å². The first-order chi connectivity index (χ1) is 9.95. The third-order valence-corrected chi connectivity index (χ3v) is 3.59. The van der Waals surface area contributed by atoms with Gasteiger partial charge in [0, 0.05) is 23.9 Å². The summed E-state index contributed by atoms with van der Waals surface area (Å²) in [4.78, 5) is 16.7. The monoisotopic (exact) mass is 290 g/mol. The van der Waals surface area contributed by atoms with Crippen molar-refractivity contribution in [1.82, 2.24) is 14.7 Å². The Hall–Kier alpha value is -2.11. The molecule has 0 aliphatic carbocycles. The van der Waals surface area contributed by atoms with Crippen molar-refractivity contribution < 1.29 is 9.32 Å². The fourth-order valence-electron chi connectivity index (χ4n) is 2.35. The Labute approximate surface area is 124 Å². The van der Waals surface area contributed by atoms with Gasteiger partial charge in [0.1, 0.15) is 11.9 Å². The van der Waals surface area contributed by atoms with Crippen molar-refractivity contribution in [2.75, 3.05) is 5.32 Å². The van der Waals surface area contributed by atoms with Crippen LogP contribution in [-0.2, 0) is 11.2 Å². The first-order valence-corrected chi connectivity index (χ1v) is 7.24. The Bertz CT molecular complexity index is 627. The molecule has 1 amide bonds. The number of hydrogen-bond donors (Lipinski definition) is 1. The molecular weight excluding hydrogens is 268 g/mol. The minimum absolute atomic E-state index is 0.138. The molecule has 2 aromatic rings. The van der Waals surface area contributed by atoms with Gasteiger partial charge in [-0.2, -0.15) is 0 Å². The predicted molar refractivity (Wildman–Crippen MR) is 80.3 cm³/mol. The molecule has 0 fully saturated rings. The average molecular weight is 290 g/mol. The van der Waals surface area contributed by atoms with Crippen LogP contribution in [0.15, 0.2) is 16.9 Å². The van der Waals surface area contributed by atoms with E-state index in [4.69, 9.17) is 4.52 Å². The molecule has 2 aromatic heterocycles. The zero-order valence-corrected chi connectivity index (χ0v) is 13.2. The fraction of sp³-hybridized carbons (Fsp3) is 0.533. The summed E-state index contributed by atoms with van der Waals surface area (Å²) in [5, 5.41) is 6.72. The maximum absolute atomic E-state index is 12.4. The molecule has 2 rings (SSSR count). The molecule has 0 spiro atoms. The second-order valence-electron chi connectivity index (χ2n) is 5.44. The van der Waals surface area contributed by atoms with Crippen molar-refractivity contribution in [3.63, 3.8) is 0 Å². The van der Waals surface area contributed by atoms with Gasteiger partial charge in [-0.05, 0) is 20.3 Å². The van der Waals surface area contributed by atoms with Crippen molar-refractivity contribution in [1.29, 1.82) is 0 Å². The fourth-order valence-corrected chi connectivity index (χ4v) is 2.35. The second-order valence-corrected chi connectivity index (χ2v) is 5.44. The Balaban J connectivity index is 2.18. The zero-order chi connectivity index (χ0) is 15.6. The van der Waals surface area contributed by atoms with Crippen LogP contribution in [0.4, 0.5) is 5.88 Å². The number of imidazole rings is 1. The molecule has 2 heterocycles. The molecule has 6 nitrogen and oxygen atoms in total. The topological polar surface area (TPSA) is 73.0 Å². The highest BCUT2D eigenvalue weighted by Gasteiger charge is 2.22. The van der Waals surface area contributed by atoms with Crippen LogP contribution in [-0.4, -0.2) is 20.6 Å². The van der Waals surface area contributed by atoms with E-state index in [-0.39, 0.29) is 17.9 Å². The van der Waals surface area contributed by atoms with Crippen LogP contribution < -0.4 is 5.32 Å². The molecule has 6 heteroatoms. The lowest BCUT2D eigenvalue weighted by Crippen LogP contribution is -2.25. The van der Waals surface area contributed by atoms with Crippen molar-refractivity contribution in [2.45, 2.75) is 53.0 Å². The minimum Gasteiger partial charge on any atom is -0.338 e. The first-order valence-electron chi connectivity index (χ1n) is 7.24. The number of nitrogens with one attached hydrogen (secondary N) is 1. The van der Waals surface area contributed by atoms with Crippen LogP contribution in [0.5, 0.6) is 0 Å². The number of aromatic nitrogens is 3. The van der Waals surface area contributed by atoms with Crippen LogP contribution in [0, 0.1) is 6.92 Å². The van der Waals surface area contributed by atoms with Gasteiger partial charge in [-0.3, -0.25) is 10.1 Å². The Morgan fingerprint density at radius 3 is 2.76 bits per heavy atom. The van der Waals surface area contributed by atoms with E-state index in [0.717, 1.165) is 23.5 Å². The normalized spacial score (nSPS) is 12.7. The van der Waals surface area contributed by atoms with Gasteiger partial charge in [0.25, 0.3) is 0 Å². The average Bonchev–Trinajstić information content (AvgIpc) is 3.05. The molecule has 1 atom stereocenters. The highest BCUT2D eigenvalue weighted by atomic mass is 16.5. The van der Waals surface area contributed by atoms with Crippen LogP contribution in [0.25, 0.3) is 0 Å². The van der Waals surface area contributed by atoms with Crippen LogP contribution in [0.1, 0.15) is 56.7 Å². The number of amides is 1. The van der Waals surface area contributed by atoms with E-state index in [0.29, 0.717) is 5.88 Å². The summed E-state index contributed by atoms with van der Waals surface area (Å²) in [5.41, 5.74) is 1.75. The molecule has 1 N–H and O–H groups in total. The zero-order valence-electron chi connectivity index (χ0n) is 13.2.